The highest BCUT2D eigenvalue weighted by Gasteiger charge is 2.17. The average Bonchev–Trinajstić information content (AvgIpc) is 2.20. The van der Waals surface area contributed by atoms with Crippen molar-refractivity contribution in [1.29, 1.82) is 0 Å². The fraction of sp³-hybridized carbons (Fsp3) is 0.417. The van der Waals surface area contributed by atoms with Gasteiger partial charge < -0.3 is 9.47 Å². The van der Waals surface area contributed by atoms with Crippen molar-refractivity contribution in [3.63, 3.8) is 0 Å². The summed E-state index contributed by atoms with van der Waals surface area (Å²) in [7, 11) is 1.52. The van der Waals surface area contributed by atoms with Crippen molar-refractivity contribution in [3.8, 4) is 5.75 Å². The molecule has 0 unspecified atom stereocenters. The molecule has 0 saturated heterocycles. The second kappa shape index (κ2) is 5.80. The summed E-state index contributed by atoms with van der Waals surface area (Å²) in [5.74, 6) is 0.526. The lowest BCUT2D eigenvalue weighted by Gasteiger charge is -2.20. The van der Waals surface area contributed by atoms with Crippen LogP contribution in [0.5, 0.6) is 5.75 Å². The topological polar surface area (TPSA) is 47.6 Å². The van der Waals surface area contributed by atoms with Gasteiger partial charge in [0.05, 0.1) is 17.8 Å². The number of halogens is 2. The second-order valence-corrected chi connectivity index (χ2v) is 5.86. The number of rotatable bonds is 2. The summed E-state index contributed by atoms with van der Waals surface area (Å²) >= 11 is 9.30. The first kappa shape index (κ1) is 15.1. The summed E-state index contributed by atoms with van der Waals surface area (Å²) in [5, 5.41) is 3.02. The Morgan fingerprint density at radius 1 is 1.39 bits per heavy atom. The quantitative estimate of drug-likeness (QED) is 0.867. The number of benzene rings is 1. The van der Waals surface area contributed by atoms with E-state index in [0.29, 0.717) is 20.9 Å². The number of methoxy groups -OCH3 is 1. The molecule has 1 rings (SSSR count). The first-order valence-electron chi connectivity index (χ1n) is 5.26. The lowest BCUT2D eigenvalue weighted by Crippen LogP contribution is -2.27. The van der Waals surface area contributed by atoms with Gasteiger partial charge in [-0.1, -0.05) is 11.6 Å². The Kier molecular flexibility index (Phi) is 4.87. The van der Waals surface area contributed by atoms with Crippen molar-refractivity contribution in [2.24, 2.45) is 0 Å². The minimum absolute atomic E-state index is 0.409. The van der Waals surface area contributed by atoms with Crippen molar-refractivity contribution in [3.05, 3.63) is 21.6 Å². The zero-order valence-electron chi connectivity index (χ0n) is 10.6. The molecule has 4 nitrogen and oxygen atoms in total. The molecule has 1 aromatic rings. The summed E-state index contributed by atoms with van der Waals surface area (Å²) in [6, 6.07) is 3.27. The molecule has 100 valence electrons. The Hall–Kier alpha value is -0.940. The van der Waals surface area contributed by atoms with Gasteiger partial charge in [0.25, 0.3) is 0 Å². The van der Waals surface area contributed by atoms with Gasteiger partial charge in [-0.2, -0.15) is 0 Å². The van der Waals surface area contributed by atoms with Crippen LogP contribution < -0.4 is 10.1 Å². The van der Waals surface area contributed by atoms with Gasteiger partial charge in [0.2, 0.25) is 0 Å². The maximum absolute atomic E-state index is 11.6. The Morgan fingerprint density at radius 3 is 2.50 bits per heavy atom. The lowest BCUT2D eigenvalue weighted by atomic mass is 10.2. The van der Waals surface area contributed by atoms with E-state index < -0.39 is 11.7 Å². The molecular weight excluding hydrogens is 321 g/mol. The molecule has 0 heterocycles. The lowest BCUT2D eigenvalue weighted by molar-refractivity contribution is 0.0636. The van der Waals surface area contributed by atoms with E-state index in [1.807, 2.05) is 0 Å². The maximum atomic E-state index is 11.6. The average molecular weight is 337 g/mol. The van der Waals surface area contributed by atoms with E-state index in [0.717, 1.165) is 0 Å². The van der Waals surface area contributed by atoms with E-state index in [2.05, 4.69) is 21.2 Å². The van der Waals surface area contributed by atoms with Crippen molar-refractivity contribution in [1.82, 2.24) is 0 Å². The Balaban J connectivity index is 2.86. The van der Waals surface area contributed by atoms with E-state index in [1.54, 1.807) is 32.9 Å². The van der Waals surface area contributed by atoms with E-state index in [-0.39, 0.29) is 0 Å². The van der Waals surface area contributed by atoms with Crippen LogP contribution in [0.3, 0.4) is 0 Å². The van der Waals surface area contributed by atoms with Crippen LogP contribution in [0.4, 0.5) is 10.5 Å². The van der Waals surface area contributed by atoms with Gasteiger partial charge in [-0.25, -0.2) is 4.79 Å². The predicted octanol–water partition coefficient (Wildman–Crippen LogP) is 4.46. The third-order valence-electron chi connectivity index (χ3n) is 1.88. The third-order valence-corrected chi connectivity index (χ3v) is 2.83. The predicted molar refractivity (Wildman–Crippen MR) is 75.6 cm³/mol. The molecule has 0 aliphatic rings. The highest BCUT2D eigenvalue weighted by atomic mass is 79.9. The molecule has 1 N–H and O–H groups in total. The number of amides is 1. The molecule has 6 heteroatoms. The third kappa shape index (κ3) is 4.38. The molecule has 0 atom stereocenters. The second-order valence-electron chi connectivity index (χ2n) is 4.59. The summed E-state index contributed by atoms with van der Waals surface area (Å²) < 4.78 is 10.9. The van der Waals surface area contributed by atoms with Gasteiger partial charge in [-0.3, -0.25) is 5.32 Å². The molecule has 18 heavy (non-hydrogen) atoms. The number of hydrogen-bond acceptors (Lipinski definition) is 3. The fourth-order valence-electron chi connectivity index (χ4n) is 1.19. The summed E-state index contributed by atoms with van der Waals surface area (Å²) in [6.45, 7) is 5.38. The largest absolute Gasteiger partial charge is 0.495 e. The summed E-state index contributed by atoms with van der Waals surface area (Å²) in [5.41, 5.74) is -0.0256. The zero-order chi connectivity index (χ0) is 13.9. The monoisotopic (exact) mass is 335 g/mol. The number of carbonyl (C=O) groups excluding carboxylic acids is 1. The molecule has 0 fully saturated rings. The first-order valence-corrected chi connectivity index (χ1v) is 6.43. The van der Waals surface area contributed by atoms with Crippen molar-refractivity contribution in [2.75, 3.05) is 12.4 Å². The molecule has 0 saturated carbocycles. The van der Waals surface area contributed by atoms with Gasteiger partial charge >= 0.3 is 6.09 Å². The SMILES string of the molecule is COc1cc(Br)c(NC(=O)OC(C)(C)C)cc1Cl. The number of anilines is 1. The van der Waals surface area contributed by atoms with Gasteiger partial charge in [0, 0.05) is 4.47 Å². The van der Waals surface area contributed by atoms with Crippen LogP contribution in [0, 0.1) is 0 Å². The number of carbonyl (C=O) groups is 1. The van der Waals surface area contributed by atoms with Crippen molar-refractivity contribution >= 4 is 39.3 Å². The van der Waals surface area contributed by atoms with E-state index >= 15 is 0 Å². The van der Waals surface area contributed by atoms with Crippen molar-refractivity contribution in [2.45, 2.75) is 26.4 Å². The highest BCUT2D eigenvalue weighted by molar-refractivity contribution is 9.10. The molecule has 0 bridgehead atoms. The van der Waals surface area contributed by atoms with Crippen LogP contribution in [-0.4, -0.2) is 18.8 Å². The number of ether oxygens (including phenoxy) is 2. The van der Waals surface area contributed by atoms with Crippen LogP contribution in [0.1, 0.15) is 20.8 Å². The minimum Gasteiger partial charge on any atom is -0.495 e. The molecule has 0 aliphatic heterocycles. The molecule has 0 aromatic heterocycles. The minimum atomic E-state index is -0.549. The van der Waals surface area contributed by atoms with Crippen LogP contribution in [0.2, 0.25) is 5.02 Å². The first-order chi connectivity index (χ1) is 8.23. The zero-order valence-corrected chi connectivity index (χ0v) is 13.0. The van der Waals surface area contributed by atoms with Gasteiger partial charge in [0.1, 0.15) is 11.4 Å². The van der Waals surface area contributed by atoms with E-state index in [9.17, 15) is 4.79 Å². The normalized spacial score (nSPS) is 11.0. The fourth-order valence-corrected chi connectivity index (χ4v) is 1.86. The number of hydrogen-bond donors (Lipinski definition) is 1. The Labute approximate surface area is 120 Å². The standard InChI is InChI=1S/C12H15BrClNO3/c1-12(2,3)18-11(16)15-9-6-8(14)10(17-4)5-7(9)13/h5-6H,1-4H3,(H,15,16). The van der Waals surface area contributed by atoms with Crippen LogP contribution >= 0.6 is 27.5 Å². The maximum Gasteiger partial charge on any atom is 0.412 e. The van der Waals surface area contributed by atoms with Gasteiger partial charge in [-0.05, 0) is 48.8 Å². The van der Waals surface area contributed by atoms with E-state index in [4.69, 9.17) is 21.1 Å². The van der Waals surface area contributed by atoms with Crippen LogP contribution in [0.25, 0.3) is 0 Å². The van der Waals surface area contributed by atoms with E-state index in [1.165, 1.54) is 7.11 Å². The Morgan fingerprint density at radius 2 is 2.00 bits per heavy atom. The highest BCUT2D eigenvalue weighted by Crippen LogP contribution is 2.34. The smallest absolute Gasteiger partial charge is 0.412 e. The van der Waals surface area contributed by atoms with Crippen LogP contribution in [0.15, 0.2) is 16.6 Å². The molecular formula is C12H15BrClNO3. The van der Waals surface area contributed by atoms with Gasteiger partial charge in [0.15, 0.2) is 0 Å². The summed E-state index contributed by atoms with van der Waals surface area (Å²) in [4.78, 5) is 11.6. The van der Waals surface area contributed by atoms with Crippen molar-refractivity contribution < 1.29 is 14.3 Å². The van der Waals surface area contributed by atoms with Crippen LogP contribution in [-0.2, 0) is 4.74 Å². The number of nitrogens with one attached hydrogen (secondary N) is 1. The summed E-state index contributed by atoms with van der Waals surface area (Å²) in [6.07, 6.45) is -0.538. The van der Waals surface area contributed by atoms with Gasteiger partial charge in [-0.15, -0.1) is 0 Å². The molecule has 0 radical (unpaired) electrons. The molecule has 0 spiro atoms. The Bertz CT molecular complexity index is 457. The molecule has 0 aliphatic carbocycles. The molecule has 1 aromatic carbocycles. The molecule has 1 amide bonds.